The van der Waals surface area contributed by atoms with Crippen LogP contribution in [-0.4, -0.2) is 55.4 Å². The van der Waals surface area contributed by atoms with E-state index in [0.29, 0.717) is 24.6 Å². The predicted molar refractivity (Wildman–Crippen MR) is 80.6 cm³/mol. The fourth-order valence-corrected chi connectivity index (χ4v) is 2.83. The first kappa shape index (κ1) is 16.0. The van der Waals surface area contributed by atoms with Crippen LogP contribution in [0.4, 0.5) is 0 Å². The Morgan fingerprint density at radius 1 is 1.43 bits per heavy atom. The summed E-state index contributed by atoms with van der Waals surface area (Å²) < 4.78 is 16.7. The van der Waals surface area contributed by atoms with Crippen LogP contribution in [0.3, 0.4) is 0 Å². The summed E-state index contributed by atoms with van der Waals surface area (Å²) in [5.74, 6) is 1.39. The molecule has 0 bridgehead atoms. The van der Waals surface area contributed by atoms with Crippen LogP contribution >= 0.6 is 0 Å². The third kappa shape index (κ3) is 3.84. The van der Waals surface area contributed by atoms with Gasteiger partial charge < -0.3 is 19.9 Å². The van der Waals surface area contributed by atoms with Crippen molar-refractivity contribution in [1.82, 2.24) is 9.88 Å². The number of ether oxygens (including phenoxy) is 3. The number of rotatable bonds is 5. The summed E-state index contributed by atoms with van der Waals surface area (Å²) in [4.78, 5) is 6.73. The van der Waals surface area contributed by atoms with Crippen molar-refractivity contribution in [1.29, 1.82) is 0 Å². The minimum absolute atomic E-state index is 0.0466. The van der Waals surface area contributed by atoms with Gasteiger partial charge in [-0.1, -0.05) is 0 Å². The van der Waals surface area contributed by atoms with Gasteiger partial charge in [0.1, 0.15) is 5.69 Å². The first-order chi connectivity index (χ1) is 9.99. The van der Waals surface area contributed by atoms with Crippen molar-refractivity contribution < 1.29 is 14.2 Å². The van der Waals surface area contributed by atoms with Crippen molar-refractivity contribution in [3.63, 3.8) is 0 Å². The van der Waals surface area contributed by atoms with E-state index < -0.39 is 0 Å². The summed E-state index contributed by atoms with van der Waals surface area (Å²) >= 11 is 0. The summed E-state index contributed by atoms with van der Waals surface area (Å²) in [6, 6.07) is 1.80. The van der Waals surface area contributed by atoms with Gasteiger partial charge in [0.15, 0.2) is 11.5 Å². The Bertz CT molecular complexity index is 479. The number of morpholine rings is 1. The maximum absolute atomic E-state index is 5.95. The third-order valence-corrected chi connectivity index (χ3v) is 3.55. The molecule has 0 aromatic carbocycles. The second-order valence-electron chi connectivity index (χ2n) is 5.90. The molecule has 0 saturated carbocycles. The number of methoxy groups -OCH3 is 2. The minimum Gasteiger partial charge on any atom is -0.493 e. The van der Waals surface area contributed by atoms with Crippen molar-refractivity contribution in [2.45, 2.75) is 32.1 Å². The van der Waals surface area contributed by atoms with E-state index in [0.717, 1.165) is 18.8 Å². The molecule has 0 radical (unpaired) electrons. The molecule has 6 heteroatoms. The average molecular weight is 295 g/mol. The summed E-state index contributed by atoms with van der Waals surface area (Å²) in [5, 5.41) is 0. The van der Waals surface area contributed by atoms with Crippen LogP contribution in [0.1, 0.15) is 19.5 Å². The first-order valence-electron chi connectivity index (χ1n) is 7.15. The molecule has 1 aliphatic heterocycles. The molecule has 0 amide bonds. The van der Waals surface area contributed by atoms with Crippen LogP contribution < -0.4 is 15.2 Å². The molecule has 1 aromatic rings. The lowest BCUT2D eigenvalue weighted by Gasteiger charge is -2.42. The molecule has 1 saturated heterocycles. The van der Waals surface area contributed by atoms with Gasteiger partial charge in [-0.3, -0.25) is 9.88 Å². The van der Waals surface area contributed by atoms with Crippen LogP contribution in [0, 0.1) is 0 Å². The Morgan fingerprint density at radius 2 is 2.19 bits per heavy atom. The van der Waals surface area contributed by atoms with Crippen LogP contribution in [0.2, 0.25) is 0 Å². The molecule has 2 rings (SSSR count). The molecular formula is C15H25N3O3. The van der Waals surface area contributed by atoms with Crippen molar-refractivity contribution >= 4 is 0 Å². The fourth-order valence-electron chi connectivity index (χ4n) is 2.83. The van der Waals surface area contributed by atoms with E-state index in [1.54, 1.807) is 26.5 Å². The van der Waals surface area contributed by atoms with Gasteiger partial charge in [-0.25, -0.2) is 0 Å². The molecule has 1 unspecified atom stereocenters. The van der Waals surface area contributed by atoms with Crippen LogP contribution in [-0.2, 0) is 11.3 Å². The SMILES string of the molecule is COc1ccnc(CN2CC(CN)OC(C)(C)C2)c1OC. The van der Waals surface area contributed by atoms with E-state index >= 15 is 0 Å². The first-order valence-corrected chi connectivity index (χ1v) is 7.15. The van der Waals surface area contributed by atoms with Gasteiger partial charge >= 0.3 is 0 Å². The van der Waals surface area contributed by atoms with Crippen molar-refractivity contribution in [3.8, 4) is 11.5 Å². The molecule has 6 nitrogen and oxygen atoms in total. The maximum atomic E-state index is 5.95. The summed E-state index contributed by atoms with van der Waals surface area (Å²) in [6.07, 6.45) is 1.79. The van der Waals surface area contributed by atoms with Crippen molar-refractivity contribution in [2.75, 3.05) is 33.9 Å². The number of nitrogens with zero attached hydrogens (tertiary/aromatic N) is 2. The van der Waals surface area contributed by atoms with E-state index in [2.05, 4.69) is 23.7 Å². The molecule has 1 fully saturated rings. The zero-order valence-electron chi connectivity index (χ0n) is 13.3. The zero-order chi connectivity index (χ0) is 15.5. The van der Waals surface area contributed by atoms with E-state index in [-0.39, 0.29) is 11.7 Å². The predicted octanol–water partition coefficient (Wildman–Crippen LogP) is 1.04. The molecule has 0 aliphatic carbocycles. The molecular weight excluding hydrogens is 270 g/mol. The molecule has 1 aliphatic rings. The average Bonchev–Trinajstić information content (AvgIpc) is 2.45. The monoisotopic (exact) mass is 295 g/mol. The Morgan fingerprint density at radius 3 is 2.81 bits per heavy atom. The van der Waals surface area contributed by atoms with Gasteiger partial charge in [0.05, 0.1) is 25.9 Å². The molecule has 2 N–H and O–H groups in total. The largest absolute Gasteiger partial charge is 0.493 e. The van der Waals surface area contributed by atoms with Gasteiger partial charge in [0.25, 0.3) is 0 Å². The van der Waals surface area contributed by atoms with Gasteiger partial charge in [0, 0.05) is 38.4 Å². The highest BCUT2D eigenvalue weighted by atomic mass is 16.5. The normalized spacial score (nSPS) is 22.0. The Kier molecular flexibility index (Phi) is 5.03. The number of pyridine rings is 1. The van der Waals surface area contributed by atoms with E-state index in [9.17, 15) is 0 Å². The standard InChI is InChI=1S/C15H25N3O3/c1-15(2)10-18(8-11(7-16)21-15)9-12-14(20-4)13(19-3)5-6-17-12/h5-6,11H,7-10,16H2,1-4H3. The lowest BCUT2D eigenvalue weighted by atomic mass is 10.0. The van der Waals surface area contributed by atoms with Gasteiger partial charge in [-0.2, -0.15) is 0 Å². The van der Waals surface area contributed by atoms with Gasteiger partial charge in [-0.05, 0) is 13.8 Å². The Labute approximate surface area is 126 Å². The fraction of sp³-hybridized carbons (Fsp3) is 0.667. The van der Waals surface area contributed by atoms with Crippen LogP contribution in [0.15, 0.2) is 12.3 Å². The molecule has 0 spiro atoms. The second kappa shape index (κ2) is 6.60. The highest BCUT2D eigenvalue weighted by molar-refractivity contribution is 5.42. The van der Waals surface area contributed by atoms with E-state index in [4.69, 9.17) is 19.9 Å². The Balaban J connectivity index is 2.17. The van der Waals surface area contributed by atoms with E-state index in [1.165, 1.54) is 0 Å². The smallest absolute Gasteiger partial charge is 0.183 e. The quantitative estimate of drug-likeness (QED) is 0.875. The van der Waals surface area contributed by atoms with Crippen LogP contribution in [0.5, 0.6) is 11.5 Å². The topological polar surface area (TPSA) is 69.8 Å². The summed E-state index contributed by atoms with van der Waals surface area (Å²) in [5.41, 5.74) is 6.42. The number of hydrogen-bond donors (Lipinski definition) is 1. The highest BCUT2D eigenvalue weighted by Crippen LogP contribution is 2.31. The summed E-state index contributed by atoms with van der Waals surface area (Å²) in [7, 11) is 3.26. The molecule has 1 aromatic heterocycles. The third-order valence-electron chi connectivity index (χ3n) is 3.55. The number of aromatic nitrogens is 1. The highest BCUT2D eigenvalue weighted by Gasteiger charge is 2.33. The van der Waals surface area contributed by atoms with E-state index in [1.807, 2.05) is 0 Å². The molecule has 1 atom stereocenters. The van der Waals surface area contributed by atoms with Crippen LogP contribution in [0.25, 0.3) is 0 Å². The van der Waals surface area contributed by atoms with Crippen molar-refractivity contribution in [2.24, 2.45) is 5.73 Å². The number of hydrogen-bond acceptors (Lipinski definition) is 6. The lowest BCUT2D eigenvalue weighted by molar-refractivity contribution is -0.134. The molecule has 2 heterocycles. The maximum Gasteiger partial charge on any atom is 0.183 e. The Hall–Kier alpha value is -1.37. The van der Waals surface area contributed by atoms with Gasteiger partial charge in [-0.15, -0.1) is 0 Å². The molecule has 21 heavy (non-hydrogen) atoms. The minimum atomic E-state index is -0.214. The molecule has 118 valence electrons. The van der Waals surface area contributed by atoms with Crippen molar-refractivity contribution in [3.05, 3.63) is 18.0 Å². The lowest BCUT2D eigenvalue weighted by Crippen LogP contribution is -2.54. The summed E-state index contributed by atoms with van der Waals surface area (Å²) in [6.45, 7) is 6.98. The number of nitrogens with two attached hydrogens (primary N) is 1. The van der Waals surface area contributed by atoms with Gasteiger partial charge in [0.2, 0.25) is 0 Å². The second-order valence-corrected chi connectivity index (χ2v) is 5.90. The zero-order valence-corrected chi connectivity index (χ0v) is 13.3.